The largest absolute Gasteiger partial charge is 0.381 e. The molecule has 5 heteroatoms. The first-order valence-electron chi connectivity index (χ1n) is 6.45. The standard InChI is InChI=1S/C13H22N2O3/c1-3-13(17)15(4-2)10-12(16)14-11-6-5-8-18-9-7-11/h3,11H,1,4-10H2,2H3,(H,14,16). The maximum atomic E-state index is 11.8. The molecule has 1 saturated heterocycles. The molecule has 18 heavy (non-hydrogen) atoms. The van der Waals surface area contributed by atoms with Crippen LogP contribution in [0.25, 0.3) is 0 Å². The minimum Gasteiger partial charge on any atom is -0.381 e. The number of carbonyl (C=O) groups is 2. The van der Waals surface area contributed by atoms with Crippen molar-refractivity contribution < 1.29 is 14.3 Å². The molecule has 0 saturated carbocycles. The highest BCUT2D eigenvalue weighted by atomic mass is 16.5. The molecule has 1 unspecified atom stereocenters. The van der Waals surface area contributed by atoms with Crippen molar-refractivity contribution in [2.45, 2.75) is 32.2 Å². The van der Waals surface area contributed by atoms with Crippen LogP contribution in [0.3, 0.4) is 0 Å². The fourth-order valence-corrected chi connectivity index (χ4v) is 1.97. The lowest BCUT2D eigenvalue weighted by atomic mass is 10.1. The van der Waals surface area contributed by atoms with Crippen molar-refractivity contribution in [2.75, 3.05) is 26.3 Å². The first-order chi connectivity index (χ1) is 8.67. The highest BCUT2D eigenvalue weighted by molar-refractivity contribution is 5.90. The summed E-state index contributed by atoms with van der Waals surface area (Å²) in [6.07, 6.45) is 3.98. The van der Waals surface area contributed by atoms with E-state index in [-0.39, 0.29) is 24.4 Å². The second-order valence-electron chi connectivity index (χ2n) is 4.36. The van der Waals surface area contributed by atoms with E-state index in [1.165, 1.54) is 11.0 Å². The Morgan fingerprint density at radius 3 is 2.89 bits per heavy atom. The van der Waals surface area contributed by atoms with Gasteiger partial charge >= 0.3 is 0 Å². The molecule has 0 bridgehead atoms. The Kier molecular flexibility index (Phi) is 6.43. The molecular formula is C13H22N2O3. The lowest BCUT2D eigenvalue weighted by Crippen LogP contribution is -2.43. The Hall–Kier alpha value is -1.36. The molecule has 1 N–H and O–H groups in total. The van der Waals surface area contributed by atoms with Gasteiger partial charge in [0.1, 0.15) is 0 Å². The van der Waals surface area contributed by atoms with E-state index in [0.29, 0.717) is 13.2 Å². The molecule has 1 heterocycles. The summed E-state index contributed by atoms with van der Waals surface area (Å²) >= 11 is 0. The van der Waals surface area contributed by atoms with E-state index in [9.17, 15) is 9.59 Å². The maximum absolute atomic E-state index is 11.8. The molecule has 1 fully saturated rings. The van der Waals surface area contributed by atoms with Crippen molar-refractivity contribution in [1.29, 1.82) is 0 Å². The summed E-state index contributed by atoms with van der Waals surface area (Å²) in [4.78, 5) is 24.7. The van der Waals surface area contributed by atoms with E-state index in [0.717, 1.165) is 25.9 Å². The van der Waals surface area contributed by atoms with Crippen LogP contribution < -0.4 is 5.32 Å². The smallest absolute Gasteiger partial charge is 0.246 e. The number of likely N-dealkylation sites (N-methyl/N-ethyl adjacent to an activating group) is 1. The summed E-state index contributed by atoms with van der Waals surface area (Å²) < 4.78 is 5.34. The van der Waals surface area contributed by atoms with Crippen LogP contribution in [0.15, 0.2) is 12.7 Å². The van der Waals surface area contributed by atoms with E-state index in [1.54, 1.807) is 0 Å². The molecule has 2 amide bonds. The normalized spacial score (nSPS) is 19.7. The Bertz CT molecular complexity index is 297. The van der Waals surface area contributed by atoms with Crippen molar-refractivity contribution >= 4 is 11.8 Å². The zero-order valence-electron chi connectivity index (χ0n) is 11.0. The van der Waals surface area contributed by atoms with Crippen LogP contribution in [-0.2, 0) is 14.3 Å². The summed E-state index contributed by atoms with van der Waals surface area (Å²) in [5, 5.41) is 2.96. The van der Waals surface area contributed by atoms with E-state index in [4.69, 9.17) is 4.74 Å². The van der Waals surface area contributed by atoms with E-state index in [1.807, 2.05) is 6.92 Å². The zero-order chi connectivity index (χ0) is 13.4. The Labute approximate surface area is 108 Å². The molecule has 0 aromatic rings. The van der Waals surface area contributed by atoms with Crippen molar-refractivity contribution in [3.63, 3.8) is 0 Å². The average molecular weight is 254 g/mol. The van der Waals surface area contributed by atoms with Crippen molar-refractivity contribution in [1.82, 2.24) is 10.2 Å². The van der Waals surface area contributed by atoms with Gasteiger partial charge in [-0.15, -0.1) is 0 Å². The topological polar surface area (TPSA) is 58.6 Å². The lowest BCUT2D eigenvalue weighted by Gasteiger charge is -2.21. The molecule has 0 aromatic carbocycles. The summed E-state index contributed by atoms with van der Waals surface area (Å²) in [6, 6.07) is 0.164. The highest BCUT2D eigenvalue weighted by Crippen LogP contribution is 2.07. The Morgan fingerprint density at radius 1 is 1.44 bits per heavy atom. The van der Waals surface area contributed by atoms with Crippen molar-refractivity contribution in [3.8, 4) is 0 Å². The SMILES string of the molecule is C=CC(=O)N(CC)CC(=O)NC1CCCOCC1. The van der Waals surface area contributed by atoms with Gasteiger partial charge < -0.3 is 15.0 Å². The zero-order valence-corrected chi connectivity index (χ0v) is 11.0. The Morgan fingerprint density at radius 2 is 2.22 bits per heavy atom. The first-order valence-corrected chi connectivity index (χ1v) is 6.45. The molecule has 0 aromatic heterocycles. The minimum absolute atomic E-state index is 0.0959. The van der Waals surface area contributed by atoms with Crippen LogP contribution in [0.1, 0.15) is 26.2 Å². The second kappa shape index (κ2) is 7.87. The Balaban J connectivity index is 2.39. The first kappa shape index (κ1) is 14.7. The third-order valence-corrected chi connectivity index (χ3v) is 3.02. The third kappa shape index (κ3) is 4.87. The number of rotatable bonds is 5. The van der Waals surface area contributed by atoms with Crippen LogP contribution in [0.5, 0.6) is 0 Å². The van der Waals surface area contributed by atoms with E-state index < -0.39 is 0 Å². The van der Waals surface area contributed by atoms with Crippen LogP contribution in [0.2, 0.25) is 0 Å². The van der Waals surface area contributed by atoms with Crippen molar-refractivity contribution in [2.24, 2.45) is 0 Å². The number of amides is 2. The monoisotopic (exact) mass is 254 g/mol. The number of ether oxygens (including phenoxy) is 1. The molecular weight excluding hydrogens is 232 g/mol. The molecule has 102 valence electrons. The number of nitrogens with zero attached hydrogens (tertiary/aromatic N) is 1. The second-order valence-corrected chi connectivity index (χ2v) is 4.36. The predicted octanol–water partition coefficient (Wildman–Crippen LogP) is 0.706. The van der Waals surface area contributed by atoms with Crippen LogP contribution in [0, 0.1) is 0 Å². The molecule has 0 aliphatic carbocycles. The summed E-state index contributed by atoms with van der Waals surface area (Å²) in [6.45, 7) is 7.32. The molecule has 1 aliphatic heterocycles. The van der Waals surface area contributed by atoms with Crippen LogP contribution in [0.4, 0.5) is 0 Å². The number of nitrogens with one attached hydrogen (secondary N) is 1. The quantitative estimate of drug-likeness (QED) is 0.735. The van der Waals surface area contributed by atoms with Gasteiger partial charge in [-0.2, -0.15) is 0 Å². The third-order valence-electron chi connectivity index (χ3n) is 3.02. The van der Waals surface area contributed by atoms with Crippen LogP contribution >= 0.6 is 0 Å². The van der Waals surface area contributed by atoms with Gasteiger partial charge in [0.25, 0.3) is 0 Å². The highest BCUT2D eigenvalue weighted by Gasteiger charge is 2.17. The molecule has 0 spiro atoms. The number of carbonyl (C=O) groups excluding carboxylic acids is 2. The average Bonchev–Trinajstić information content (AvgIpc) is 2.63. The van der Waals surface area contributed by atoms with Gasteiger partial charge in [-0.1, -0.05) is 6.58 Å². The van der Waals surface area contributed by atoms with Gasteiger partial charge in [-0.3, -0.25) is 9.59 Å². The van der Waals surface area contributed by atoms with Crippen LogP contribution in [-0.4, -0.2) is 49.1 Å². The van der Waals surface area contributed by atoms with Crippen molar-refractivity contribution in [3.05, 3.63) is 12.7 Å². The van der Waals surface area contributed by atoms with E-state index in [2.05, 4.69) is 11.9 Å². The maximum Gasteiger partial charge on any atom is 0.246 e. The van der Waals surface area contributed by atoms with Gasteiger partial charge in [0.05, 0.1) is 6.54 Å². The minimum atomic E-state index is -0.211. The van der Waals surface area contributed by atoms with Gasteiger partial charge in [-0.25, -0.2) is 0 Å². The van der Waals surface area contributed by atoms with Gasteiger partial charge in [-0.05, 0) is 32.3 Å². The summed E-state index contributed by atoms with van der Waals surface area (Å²) in [7, 11) is 0. The fraction of sp³-hybridized carbons (Fsp3) is 0.692. The predicted molar refractivity (Wildman–Crippen MR) is 69.1 cm³/mol. The molecule has 5 nitrogen and oxygen atoms in total. The lowest BCUT2D eigenvalue weighted by molar-refractivity contribution is -0.132. The summed E-state index contributed by atoms with van der Waals surface area (Å²) in [5.41, 5.74) is 0. The van der Waals surface area contributed by atoms with Gasteiger partial charge in [0.2, 0.25) is 11.8 Å². The molecule has 1 aliphatic rings. The summed E-state index contributed by atoms with van der Waals surface area (Å²) in [5.74, 6) is -0.323. The van der Waals surface area contributed by atoms with Gasteiger partial charge in [0, 0.05) is 25.8 Å². The molecule has 1 rings (SSSR count). The molecule has 1 atom stereocenters. The number of hydrogen-bond acceptors (Lipinski definition) is 3. The van der Waals surface area contributed by atoms with Gasteiger partial charge in [0.15, 0.2) is 0 Å². The van der Waals surface area contributed by atoms with E-state index >= 15 is 0 Å². The number of hydrogen-bond donors (Lipinski definition) is 1. The molecule has 0 radical (unpaired) electrons. The fourth-order valence-electron chi connectivity index (χ4n) is 1.97.